The molecule has 1 N–H and O–H groups in total. The Bertz CT molecular complexity index is 144. The molecule has 2 nitrogen and oxygen atoms in total. The van der Waals surface area contributed by atoms with E-state index >= 15 is 0 Å². The molecule has 1 aliphatic rings. The van der Waals surface area contributed by atoms with Gasteiger partial charge in [-0.25, -0.2) is 0 Å². The maximum atomic E-state index is 8.82. The third kappa shape index (κ3) is 2.04. The predicted octanol–water partition coefficient (Wildman–Crippen LogP) is 1.02. The van der Waals surface area contributed by atoms with Crippen LogP contribution in [0.2, 0.25) is 0 Å². The van der Waals surface area contributed by atoms with Gasteiger partial charge in [-0.15, -0.1) is 0 Å². The van der Waals surface area contributed by atoms with Crippen molar-refractivity contribution in [2.45, 2.75) is 25.8 Å². The zero-order chi connectivity index (χ0) is 8.32. The van der Waals surface area contributed by atoms with Gasteiger partial charge in [0.1, 0.15) is 0 Å². The topological polar surface area (TPSA) is 23.5 Å². The number of rotatable bonds is 3. The standard InChI is InChI=1S/C9H17NO/c1-9(2,5-8-11)10-6-3-4-7-10/h3-4,11H,5-8H2,1-2H3. The summed E-state index contributed by atoms with van der Waals surface area (Å²) in [6.07, 6.45) is 5.22. The van der Waals surface area contributed by atoms with Crippen LogP contribution in [0.3, 0.4) is 0 Å². The van der Waals surface area contributed by atoms with Crippen molar-refractivity contribution in [3.63, 3.8) is 0 Å². The fourth-order valence-electron chi connectivity index (χ4n) is 1.40. The molecule has 0 atom stereocenters. The van der Waals surface area contributed by atoms with Crippen LogP contribution in [0.1, 0.15) is 20.3 Å². The van der Waals surface area contributed by atoms with Gasteiger partial charge in [0.05, 0.1) is 0 Å². The third-order valence-electron chi connectivity index (χ3n) is 2.40. The van der Waals surface area contributed by atoms with E-state index in [0.717, 1.165) is 19.5 Å². The first-order chi connectivity index (χ1) is 5.17. The van der Waals surface area contributed by atoms with E-state index in [2.05, 4.69) is 30.9 Å². The first kappa shape index (κ1) is 8.75. The lowest BCUT2D eigenvalue weighted by molar-refractivity contribution is 0.120. The van der Waals surface area contributed by atoms with Gasteiger partial charge in [0.15, 0.2) is 0 Å². The van der Waals surface area contributed by atoms with Crippen molar-refractivity contribution in [2.75, 3.05) is 19.7 Å². The Balaban J connectivity index is 2.43. The van der Waals surface area contributed by atoms with Crippen molar-refractivity contribution in [3.8, 4) is 0 Å². The normalized spacial score (nSPS) is 19.5. The monoisotopic (exact) mass is 155 g/mol. The Morgan fingerprint density at radius 3 is 2.36 bits per heavy atom. The second kappa shape index (κ2) is 3.37. The minimum atomic E-state index is 0.151. The summed E-state index contributed by atoms with van der Waals surface area (Å²) in [6.45, 7) is 6.70. The highest BCUT2D eigenvalue weighted by atomic mass is 16.3. The second-order valence-corrected chi connectivity index (χ2v) is 3.66. The molecule has 0 fully saturated rings. The number of aliphatic hydroxyl groups excluding tert-OH is 1. The van der Waals surface area contributed by atoms with Crippen molar-refractivity contribution in [3.05, 3.63) is 12.2 Å². The summed E-state index contributed by atoms with van der Waals surface area (Å²) < 4.78 is 0. The molecule has 0 spiro atoms. The van der Waals surface area contributed by atoms with Gasteiger partial charge in [-0.2, -0.15) is 0 Å². The molecular weight excluding hydrogens is 138 g/mol. The quantitative estimate of drug-likeness (QED) is 0.615. The van der Waals surface area contributed by atoms with E-state index in [1.165, 1.54) is 0 Å². The van der Waals surface area contributed by atoms with E-state index < -0.39 is 0 Å². The van der Waals surface area contributed by atoms with Gasteiger partial charge < -0.3 is 5.11 Å². The van der Waals surface area contributed by atoms with Gasteiger partial charge in [-0.3, -0.25) is 4.90 Å². The summed E-state index contributed by atoms with van der Waals surface area (Å²) in [4.78, 5) is 2.36. The average Bonchev–Trinajstić information content (AvgIpc) is 2.37. The number of hydrogen-bond acceptors (Lipinski definition) is 2. The molecule has 0 radical (unpaired) electrons. The second-order valence-electron chi connectivity index (χ2n) is 3.66. The van der Waals surface area contributed by atoms with Gasteiger partial charge in [0, 0.05) is 25.2 Å². The molecule has 0 bridgehead atoms. The van der Waals surface area contributed by atoms with Crippen LogP contribution >= 0.6 is 0 Å². The van der Waals surface area contributed by atoms with Gasteiger partial charge in [-0.1, -0.05) is 12.2 Å². The van der Waals surface area contributed by atoms with Gasteiger partial charge >= 0.3 is 0 Å². The van der Waals surface area contributed by atoms with E-state index in [9.17, 15) is 0 Å². The Labute approximate surface area is 68.5 Å². The summed E-state index contributed by atoms with van der Waals surface area (Å²) >= 11 is 0. The van der Waals surface area contributed by atoms with Gasteiger partial charge in [-0.05, 0) is 20.3 Å². The van der Waals surface area contributed by atoms with E-state index in [0.29, 0.717) is 0 Å². The van der Waals surface area contributed by atoms with E-state index in [1.807, 2.05) is 0 Å². The summed E-state index contributed by atoms with van der Waals surface area (Å²) in [7, 11) is 0. The first-order valence-corrected chi connectivity index (χ1v) is 4.18. The molecule has 64 valence electrons. The molecule has 0 aromatic rings. The third-order valence-corrected chi connectivity index (χ3v) is 2.40. The van der Waals surface area contributed by atoms with E-state index in [4.69, 9.17) is 5.11 Å². The molecule has 0 saturated heterocycles. The summed E-state index contributed by atoms with van der Waals surface area (Å²) in [5.41, 5.74) is 0.151. The minimum absolute atomic E-state index is 0.151. The Hall–Kier alpha value is -0.340. The molecule has 1 rings (SSSR count). The van der Waals surface area contributed by atoms with Crippen molar-refractivity contribution in [1.29, 1.82) is 0 Å². The maximum absolute atomic E-state index is 8.82. The zero-order valence-electron chi connectivity index (χ0n) is 7.38. The smallest absolute Gasteiger partial charge is 0.0448 e. The highest BCUT2D eigenvalue weighted by Gasteiger charge is 2.25. The van der Waals surface area contributed by atoms with Crippen LogP contribution in [0, 0.1) is 0 Å². The lowest BCUT2D eigenvalue weighted by atomic mass is 9.99. The Morgan fingerprint density at radius 1 is 1.36 bits per heavy atom. The Kier molecular flexibility index (Phi) is 2.68. The molecule has 0 aliphatic carbocycles. The molecule has 11 heavy (non-hydrogen) atoms. The molecule has 0 saturated carbocycles. The molecular formula is C9H17NO. The summed E-state index contributed by atoms with van der Waals surface area (Å²) in [5, 5.41) is 8.82. The zero-order valence-corrected chi connectivity index (χ0v) is 7.38. The number of aliphatic hydroxyl groups is 1. The Morgan fingerprint density at radius 2 is 1.91 bits per heavy atom. The van der Waals surface area contributed by atoms with Gasteiger partial charge in [0.2, 0.25) is 0 Å². The van der Waals surface area contributed by atoms with Crippen molar-refractivity contribution in [1.82, 2.24) is 4.90 Å². The van der Waals surface area contributed by atoms with Crippen LogP contribution in [0.4, 0.5) is 0 Å². The predicted molar refractivity (Wildman–Crippen MR) is 46.5 cm³/mol. The average molecular weight is 155 g/mol. The summed E-state index contributed by atoms with van der Waals surface area (Å²) in [6, 6.07) is 0. The minimum Gasteiger partial charge on any atom is -0.396 e. The van der Waals surface area contributed by atoms with Crippen LogP contribution in [0.5, 0.6) is 0 Å². The molecule has 1 aliphatic heterocycles. The van der Waals surface area contributed by atoms with Crippen LogP contribution in [-0.2, 0) is 0 Å². The first-order valence-electron chi connectivity index (χ1n) is 4.18. The summed E-state index contributed by atoms with van der Waals surface area (Å²) in [5.74, 6) is 0. The van der Waals surface area contributed by atoms with Crippen LogP contribution < -0.4 is 0 Å². The van der Waals surface area contributed by atoms with Crippen molar-refractivity contribution in [2.24, 2.45) is 0 Å². The SMILES string of the molecule is CC(C)(CCO)N1CC=CC1. The largest absolute Gasteiger partial charge is 0.396 e. The van der Waals surface area contributed by atoms with Crippen LogP contribution in [0.15, 0.2) is 12.2 Å². The van der Waals surface area contributed by atoms with E-state index in [1.54, 1.807) is 0 Å². The fraction of sp³-hybridized carbons (Fsp3) is 0.778. The molecule has 2 heteroatoms. The highest BCUT2D eigenvalue weighted by Crippen LogP contribution is 2.20. The van der Waals surface area contributed by atoms with Crippen LogP contribution in [0.25, 0.3) is 0 Å². The number of nitrogens with zero attached hydrogens (tertiary/aromatic N) is 1. The lowest BCUT2D eigenvalue weighted by Crippen LogP contribution is -2.42. The highest BCUT2D eigenvalue weighted by molar-refractivity contribution is 5.00. The molecule has 0 unspecified atom stereocenters. The molecule has 0 aromatic carbocycles. The maximum Gasteiger partial charge on any atom is 0.0448 e. The molecule has 0 aromatic heterocycles. The number of hydrogen-bond donors (Lipinski definition) is 1. The molecule has 1 heterocycles. The lowest BCUT2D eigenvalue weighted by Gasteiger charge is -2.34. The van der Waals surface area contributed by atoms with Gasteiger partial charge in [0.25, 0.3) is 0 Å². The van der Waals surface area contributed by atoms with E-state index in [-0.39, 0.29) is 12.1 Å². The van der Waals surface area contributed by atoms with Crippen molar-refractivity contribution < 1.29 is 5.11 Å². The molecule has 0 amide bonds. The fourth-order valence-corrected chi connectivity index (χ4v) is 1.40. The van der Waals surface area contributed by atoms with Crippen molar-refractivity contribution >= 4 is 0 Å². The van der Waals surface area contributed by atoms with Crippen LogP contribution in [-0.4, -0.2) is 35.2 Å².